The molecule has 7 heteroatoms. The predicted octanol–water partition coefficient (Wildman–Crippen LogP) is 2.06. The van der Waals surface area contributed by atoms with E-state index in [0.717, 1.165) is 5.56 Å². The number of esters is 1. The third-order valence-corrected chi connectivity index (χ3v) is 4.35. The van der Waals surface area contributed by atoms with E-state index in [2.05, 4.69) is 0 Å². The molecule has 112 valence electrons. The number of benzene rings is 1. The van der Waals surface area contributed by atoms with Crippen molar-refractivity contribution in [2.75, 3.05) is 12.9 Å². The molecular formula is C14H14O5S2. The molecule has 2 aliphatic heterocycles. The van der Waals surface area contributed by atoms with E-state index in [0.29, 0.717) is 0 Å². The van der Waals surface area contributed by atoms with E-state index in [1.165, 1.54) is 11.8 Å². The number of cyclic esters (lactones) is 1. The lowest BCUT2D eigenvalue weighted by Gasteiger charge is -2.29. The van der Waals surface area contributed by atoms with Crippen LogP contribution in [0.1, 0.15) is 11.9 Å². The second-order valence-corrected chi connectivity index (χ2v) is 6.05. The van der Waals surface area contributed by atoms with E-state index in [9.17, 15) is 4.79 Å². The number of fused-ring (bicyclic) bond motifs is 1. The molecule has 0 radical (unpaired) electrons. The van der Waals surface area contributed by atoms with Gasteiger partial charge in [0, 0.05) is 5.56 Å². The first-order valence-corrected chi connectivity index (χ1v) is 8.09. The van der Waals surface area contributed by atoms with Crippen LogP contribution < -0.4 is 0 Å². The van der Waals surface area contributed by atoms with Crippen molar-refractivity contribution < 1.29 is 23.7 Å². The lowest BCUT2D eigenvalue weighted by Crippen LogP contribution is -2.50. The van der Waals surface area contributed by atoms with Gasteiger partial charge in [0.25, 0.3) is 0 Å². The van der Waals surface area contributed by atoms with Crippen molar-refractivity contribution in [2.45, 2.75) is 24.6 Å². The molecule has 0 amide bonds. The molecule has 21 heavy (non-hydrogen) atoms. The number of thiocarbonyl (C=S) groups is 1. The predicted molar refractivity (Wildman–Crippen MR) is 80.9 cm³/mol. The summed E-state index contributed by atoms with van der Waals surface area (Å²) >= 11 is 6.27. The first-order valence-electron chi connectivity index (χ1n) is 6.46. The highest BCUT2D eigenvalue weighted by molar-refractivity contribution is 8.22. The number of carbonyl (C=O) groups is 1. The normalized spacial score (nSPS) is 31.4. The molecule has 0 spiro atoms. The standard InChI is InChI=1S/C14H14O5S2/c1-21-14(20)19-11-10-9(7-16-12(11)15)17-13(18-10)8-5-3-2-4-6-8/h2-6,9-11,13H,7H2,1H3/t9-,10-,11-,13-/m1/s1. The minimum absolute atomic E-state index is 0.165. The fourth-order valence-electron chi connectivity index (χ4n) is 2.31. The number of carbonyl (C=O) groups excluding carboxylic acids is 1. The van der Waals surface area contributed by atoms with Crippen LogP contribution in [0.15, 0.2) is 30.3 Å². The molecule has 0 saturated carbocycles. The average Bonchev–Trinajstić information content (AvgIpc) is 2.95. The smallest absolute Gasteiger partial charge is 0.350 e. The van der Waals surface area contributed by atoms with Crippen molar-refractivity contribution in [2.24, 2.45) is 0 Å². The second-order valence-electron chi connectivity index (χ2n) is 4.64. The molecular weight excluding hydrogens is 312 g/mol. The van der Waals surface area contributed by atoms with Gasteiger partial charge in [-0.15, -0.1) is 0 Å². The molecule has 4 atom stereocenters. The minimum Gasteiger partial charge on any atom is -0.460 e. The van der Waals surface area contributed by atoms with E-state index >= 15 is 0 Å². The summed E-state index contributed by atoms with van der Waals surface area (Å²) < 4.78 is 22.5. The zero-order valence-corrected chi connectivity index (χ0v) is 12.9. The Hall–Kier alpha value is -1.15. The largest absolute Gasteiger partial charge is 0.460 e. The van der Waals surface area contributed by atoms with Gasteiger partial charge in [0.1, 0.15) is 18.8 Å². The van der Waals surface area contributed by atoms with Gasteiger partial charge in [-0.3, -0.25) is 0 Å². The average molecular weight is 326 g/mol. The maximum absolute atomic E-state index is 11.9. The third kappa shape index (κ3) is 3.06. The summed E-state index contributed by atoms with van der Waals surface area (Å²) in [5.74, 6) is -0.468. The topological polar surface area (TPSA) is 54.0 Å². The van der Waals surface area contributed by atoms with Gasteiger partial charge in [-0.1, -0.05) is 42.1 Å². The third-order valence-electron chi connectivity index (χ3n) is 3.33. The summed E-state index contributed by atoms with van der Waals surface area (Å²) in [4.78, 5) is 11.9. The molecule has 5 nitrogen and oxygen atoms in total. The summed E-state index contributed by atoms with van der Waals surface area (Å²) in [6.07, 6.45) is -0.474. The number of thioether (sulfide) groups is 1. The maximum atomic E-state index is 11.9. The molecule has 2 fully saturated rings. The van der Waals surface area contributed by atoms with Crippen LogP contribution in [-0.4, -0.2) is 41.5 Å². The molecule has 0 unspecified atom stereocenters. The highest BCUT2D eigenvalue weighted by Gasteiger charge is 2.50. The van der Waals surface area contributed by atoms with E-state index in [4.69, 9.17) is 31.2 Å². The Morgan fingerprint density at radius 2 is 2.10 bits per heavy atom. The van der Waals surface area contributed by atoms with Crippen LogP contribution >= 0.6 is 24.0 Å². The summed E-state index contributed by atoms with van der Waals surface area (Å²) in [6.45, 7) is 0.165. The molecule has 0 N–H and O–H groups in total. The summed E-state index contributed by atoms with van der Waals surface area (Å²) in [6, 6.07) is 9.55. The van der Waals surface area contributed by atoms with Crippen LogP contribution in [0.3, 0.4) is 0 Å². The van der Waals surface area contributed by atoms with Crippen molar-refractivity contribution in [3.8, 4) is 0 Å². The molecule has 3 rings (SSSR count). The number of hydrogen-bond donors (Lipinski definition) is 0. The SMILES string of the molecule is CSC(=S)O[C@H]1C(=O)OC[C@H]2O[C@@H](c3ccccc3)O[C@H]21. The Kier molecular flexibility index (Phi) is 4.44. The monoisotopic (exact) mass is 326 g/mol. The van der Waals surface area contributed by atoms with Gasteiger partial charge in [-0.05, 0) is 18.5 Å². The highest BCUT2D eigenvalue weighted by atomic mass is 32.2. The van der Waals surface area contributed by atoms with Gasteiger partial charge >= 0.3 is 5.97 Å². The molecule has 0 bridgehead atoms. The van der Waals surface area contributed by atoms with Gasteiger partial charge in [-0.25, -0.2) is 4.79 Å². The lowest BCUT2D eigenvalue weighted by molar-refractivity contribution is -0.170. The Labute approximate surface area is 131 Å². The zero-order chi connectivity index (χ0) is 14.8. The van der Waals surface area contributed by atoms with Crippen LogP contribution in [-0.2, 0) is 23.7 Å². The van der Waals surface area contributed by atoms with Crippen molar-refractivity contribution in [3.05, 3.63) is 35.9 Å². The Morgan fingerprint density at radius 3 is 2.81 bits per heavy atom. The molecule has 1 aromatic rings. The van der Waals surface area contributed by atoms with Crippen LogP contribution in [0.5, 0.6) is 0 Å². The van der Waals surface area contributed by atoms with Gasteiger partial charge in [-0.2, -0.15) is 0 Å². The van der Waals surface area contributed by atoms with Gasteiger partial charge in [0.05, 0.1) is 0 Å². The van der Waals surface area contributed by atoms with Crippen molar-refractivity contribution in [3.63, 3.8) is 0 Å². The van der Waals surface area contributed by atoms with Crippen LogP contribution in [0.4, 0.5) is 0 Å². The molecule has 2 heterocycles. The lowest BCUT2D eigenvalue weighted by atomic mass is 10.1. The fraction of sp³-hybridized carbons (Fsp3) is 0.429. The Balaban J connectivity index is 1.76. The molecule has 2 aliphatic rings. The zero-order valence-electron chi connectivity index (χ0n) is 11.3. The summed E-state index contributed by atoms with van der Waals surface area (Å²) in [5, 5.41) is 0. The van der Waals surface area contributed by atoms with Gasteiger partial charge < -0.3 is 18.9 Å². The molecule has 1 aromatic carbocycles. The second kappa shape index (κ2) is 6.31. The minimum atomic E-state index is -0.877. The van der Waals surface area contributed by atoms with E-state index < -0.39 is 24.5 Å². The molecule has 0 aromatic heterocycles. The Bertz CT molecular complexity index is 535. The van der Waals surface area contributed by atoms with E-state index in [1.54, 1.807) is 6.26 Å². The number of rotatable bonds is 2. The summed E-state index contributed by atoms with van der Waals surface area (Å²) in [5.41, 5.74) is 0.894. The van der Waals surface area contributed by atoms with Crippen molar-refractivity contribution >= 4 is 34.3 Å². The van der Waals surface area contributed by atoms with E-state index in [-0.39, 0.29) is 17.1 Å². The number of ether oxygens (including phenoxy) is 4. The van der Waals surface area contributed by atoms with Crippen molar-refractivity contribution in [1.29, 1.82) is 0 Å². The first kappa shape index (κ1) is 14.8. The molecule has 0 aliphatic carbocycles. The van der Waals surface area contributed by atoms with Crippen LogP contribution in [0.2, 0.25) is 0 Å². The van der Waals surface area contributed by atoms with Crippen molar-refractivity contribution in [1.82, 2.24) is 0 Å². The van der Waals surface area contributed by atoms with Gasteiger partial charge in [0.2, 0.25) is 10.5 Å². The highest BCUT2D eigenvalue weighted by Crippen LogP contribution is 2.36. The van der Waals surface area contributed by atoms with Crippen LogP contribution in [0.25, 0.3) is 0 Å². The number of hydrogen-bond acceptors (Lipinski definition) is 7. The quantitative estimate of drug-likeness (QED) is 0.609. The Morgan fingerprint density at radius 1 is 1.33 bits per heavy atom. The van der Waals surface area contributed by atoms with Gasteiger partial charge in [0.15, 0.2) is 6.29 Å². The van der Waals surface area contributed by atoms with E-state index in [1.807, 2.05) is 30.3 Å². The maximum Gasteiger partial charge on any atom is 0.350 e. The van der Waals surface area contributed by atoms with Crippen LogP contribution in [0, 0.1) is 0 Å². The molecule has 2 saturated heterocycles. The summed E-state index contributed by atoms with van der Waals surface area (Å²) in [7, 11) is 0. The first-order chi connectivity index (χ1) is 10.2. The fourth-order valence-corrected chi connectivity index (χ4v) is 2.62.